The number of aromatic nitrogens is 2. The van der Waals surface area contributed by atoms with E-state index in [4.69, 9.17) is 4.74 Å². The van der Waals surface area contributed by atoms with Crippen molar-refractivity contribution in [1.82, 2.24) is 9.55 Å². The van der Waals surface area contributed by atoms with Crippen molar-refractivity contribution < 1.29 is 17.9 Å². The van der Waals surface area contributed by atoms with E-state index in [1.807, 2.05) is 6.92 Å². The van der Waals surface area contributed by atoms with Crippen molar-refractivity contribution >= 4 is 44.9 Å². The number of esters is 1. The summed E-state index contributed by atoms with van der Waals surface area (Å²) < 4.78 is 35.2. The van der Waals surface area contributed by atoms with Gasteiger partial charge in [0.25, 0.3) is 10.0 Å². The molecule has 2 heterocycles. The number of hydrogen-bond donors (Lipinski definition) is 1. The van der Waals surface area contributed by atoms with Crippen molar-refractivity contribution in [1.29, 1.82) is 0 Å². The highest BCUT2D eigenvalue weighted by Crippen LogP contribution is 2.37. The second-order valence-corrected chi connectivity index (χ2v) is 11.4. The number of thioether (sulfide) groups is 1. The van der Waals surface area contributed by atoms with E-state index in [1.54, 1.807) is 24.4 Å². The number of carbonyl (C=O) groups excluding carboxylic acids is 1. The van der Waals surface area contributed by atoms with Gasteiger partial charge in [0.05, 0.1) is 15.7 Å². The number of hydrogen-bond acceptors (Lipinski definition) is 8. The summed E-state index contributed by atoms with van der Waals surface area (Å²) >= 11 is 2.75. The molecule has 11 heteroatoms. The average Bonchev–Trinajstić information content (AvgIpc) is 3.04. The van der Waals surface area contributed by atoms with E-state index in [2.05, 4.69) is 23.6 Å². The van der Waals surface area contributed by atoms with Crippen LogP contribution < -0.4 is 10.4 Å². The Labute approximate surface area is 195 Å². The molecule has 0 aliphatic carbocycles. The third kappa shape index (κ3) is 5.33. The van der Waals surface area contributed by atoms with Gasteiger partial charge in [-0.1, -0.05) is 31.5 Å². The topological polar surface area (TPSA) is 107 Å². The molecule has 0 bridgehead atoms. The zero-order valence-corrected chi connectivity index (χ0v) is 20.7. The second-order valence-electron chi connectivity index (χ2n) is 7.51. The number of aryl methyl sites for hydroxylation is 1. The van der Waals surface area contributed by atoms with Gasteiger partial charge in [-0.2, -0.15) is 4.98 Å². The lowest BCUT2D eigenvalue weighted by Gasteiger charge is -2.15. The molecule has 0 saturated heterocycles. The molecule has 32 heavy (non-hydrogen) atoms. The predicted molar refractivity (Wildman–Crippen MR) is 127 cm³/mol. The number of nitrogens with one attached hydrogen (secondary N) is 1. The molecule has 0 amide bonds. The Balaban J connectivity index is 2.08. The van der Waals surface area contributed by atoms with E-state index in [9.17, 15) is 18.0 Å². The van der Waals surface area contributed by atoms with E-state index in [-0.39, 0.29) is 28.7 Å². The molecule has 0 atom stereocenters. The van der Waals surface area contributed by atoms with Crippen LogP contribution in [0.2, 0.25) is 0 Å². The third-order valence-corrected chi connectivity index (χ3v) is 8.17. The van der Waals surface area contributed by atoms with Crippen molar-refractivity contribution in [3.8, 4) is 5.69 Å². The Hall–Kier alpha value is -2.37. The minimum atomic E-state index is -3.99. The fraction of sp³-hybridized carbons (Fsp3) is 0.381. The zero-order valence-electron chi connectivity index (χ0n) is 18.2. The number of sulfonamides is 1. The Kier molecular flexibility index (Phi) is 7.63. The van der Waals surface area contributed by atoms with Gasteiger partial charge in [-0.3, -0.25) is 4.72 Å². The highest BCUT2D eigenvalue weighted by atomic mass is 32.2. The molecule has 1 aromatic carbocycles. The van der Waals surface area contributed by atoms with Gasteiger partial charge in [0.15, 0.2) is 5.82 Å². The van der Waals surface area contributed by atoms with Crippen molar-refractivity contribution in [2.24, 2.45) is 5.92 Å². The van der Waals surface area contributed by atoms with Gasteiger partial charge in [-0.15, -0.1) is 23.1 Å². The number of fused-ring (bicyclic) bond motifs is 1. The number of anilines is 1. The van der Waals surface area contributed by atoms with Gasteiger partial charge < -0.3 is 4.74 Å². The van der Waals surface area contributed by atoms with E-state index in [0.717, 1.165) is 22.3 Å². The second kappa shape index (κ2) is 10.1. The summed E-state index contributed by atoms with van der Waals surface area (Å²) in [6.45, 7) is 7.89. The lowest BCUT2D eigenvalue weighted by atomic mass is 10.2. The lowest BCUT2D eigenvalue weighted by Crippen LogP contribution is -2.22. The summed E-state index contributed by atoms with van der Waals surface area (Å²) in [7, 11) is -3.99. The van der Waals surface area contributed by atoms with Crippen LogP contribution in [-0.4, -0.2) is 36.3 Å². The van der Waals surface area contributed by atoms with E-state index in [1.165, 1.54) is 35.2 Å². The van der Waals surface area contributed by atoms with Gasteiger partial charge in [0, 0.05) is 5.38 Å². The Morgan fingerprint density at radius 1 is 1.28 bits per heavy atom. The first-order valence-corrected chi connectivity index (χ1v) is 13.4. The SMILES string of the molecule is CCOC(=O)c1csc(SCCC(C)C)c2c(NS(=O)(=O)c3ccc(C)cc3)nc(=O)n1-2. The zero-order chi connectivity index (χ0) is 23.5. The highest BCUT2D eigenvalue weighted by molar-refractivity contribution is 8.01. The van der Waals surface area contributed by atoms with Gasteiger partial charge >= 0.3 is 11.7 Å². The quantitative estimate of drug-likeness (QED) is 0.351. The third-order valence-electron chi connectivity index (χ3n) is 4.53. The summed E-state index contributed by atoms with van der Waals surface area (Å²) in [6.07, 6.45) is 0.936. The summed E-state index contributed by atoms with van der Waals surface area (Å²) in [5.74, 6) is 0.480. The van der Waals surface area contributed by atoms with Gasteiger partial charge in [0.2, 0.25) is 0 Å². The predicted octanol–water partition coefficient (Wildman–Crippen LogP) is 4.16. The van der Waals surface area contributed by atoms with Crippen LogP contribution in [0.4, 0.5) is 5.82 Å². The summed E-state index contributed by atoms with van der Waals surface area (Å²) in [5, 5.41) is 1.55. The summed E-state index contributed by atoms with van der Waals surface area (Å²) in [6, 6.07) is 6.35. The molecule has 8 nitrogen and oxygen atoms in total. The van der Waals surface area contributed by atoms with Crippen LogP contribution in [0.3, 0.4) is 0 Å². The van der Waals surface area contributed by atoms with Crippen LogP contribution in [0.1, 0.15) is 43.2 Å². The maximum atomic E-state index is 12.9. The fourth-order valence-corrected chi connectivity index (χ4v) is 6.33. The van der Waals surface area contributed by atoms with Crippen molar-refractivity contribution in [3.63, 3.8) is 0 Å². The first kappa shape index (κ1) is 24.3. The lowest BCUT2D eigenvalue weighted by molar-refractivity contribution is 0.0516. The largest absolute Gasteiger partial charge is 0.461 e. The number of carbonyl (C=O) groups is 1. The molecule has 0 aromatic heterocycles. The number of rotatable bonds is 9. The molecular formula is C21H25N3O5S3. The number of nitrogens with zero attached hydrogens (tertiary/aromatic N) is 2. The van der Waals surface area contributed by atoms with E-state index in [0.29, 0.717) is 10.1 Å². The standard InChI is InChI=1S/C21H25N3O5S3/c1-5-29-19(25)16-12-31-20(30-11-10-13(2)3)17-18(22-21(26)24(16)17)23-32(27,28)15-8-6-14(4)7-9-15/h6-9,12-13H,5,10-11H2,1-4H3,(H,22,23,26). The molecule has 0 spiro atoms. The highest BCUT2D eigenvalue weighted by Gasteiger charge is 2.29. The number of benzene rings is 1. The minimum Gasteiger partial charge on any atom is -0.461 e. The van der Waals surface area contributed by atoms with Gasteiger partial charge in [0.1, 0.15) is 11.4 Å². The van der Waals surface area contributed by atoms with E-state index < -0.39 is 21.7 Å². The van der Waals surface area contributed by atoms with E-state index >= 15 is 0 Å². The molecule has 0 unspecified atom stereocenters. The minimum absolute atomic E-state index is 0.0124. The van der Waals surface area contributed by atoms with Crippen LogP contribution in [-0.2, 0) is 14.8 Å². The van der Waals surface area contributed by atoms with Crippen LogP contribution in [0.15, 0.2) is 43.5 Å². The van der Waals surface area contributed by atoms with Crippen LogP contribution in [0.25, 0.3) is 5.69 Å². The first-order valence-electron chi connectivity index (χ1n) is 10.1. The molecule has 0 radical (unpaired) electrons. The maximum Gasteiger partial charge on any atom is 0.356 e. The normalized spacial score (nSPS) is 11.8. The number of imidazole rings is 1. The van der Waals surface area contributed by atoms with Crippen LogP contribution >= 0.6 is 23.1 Å². The summed E-state index contributed by atoms with van der Waals surface area (Å²) in [5.41, 5.74) is 0.444. The number of ether oxygens (including phenoxy) is 1. The molecule has 1 aromatic rings. The Bertz CT molecular complexity index is 1230. The fourth-order valence-electron chi connectivity index (χ4n) is 2.84. The smallest absolute Gasteiger partial charge is 0.356 e. The van der Waals surface area contributed by atoms with Crippen molar-refractivity contribution in [2.75, 3.05) is 17.1 Å². The Morgan fingerprint density at radius 3 is 2.59 bits per heavy atom. The molecule has 2 aliphatic rings. The van der Waals surface area contributed by atoms with Gasteiger partial charge in [-0.25, -0.2) is 22.6 Å². The molecule has 2 aliphatic heterocycles. The average molecular weight is 496 g/mol. The van der Waals surface area contributed by atoms with Crippen molar-refractivity contribution in [2.45, 2.75) is 43.2 Å². The molecule has 3 rings (SSSR count). The van der Waals surface area contributed by atoms with Gasteiger partial charge in [-0.05, 0) is 44.1 Å². The molecule has 0 fully saturated rings. The Morgan fingerprint density at radius 2 is 1.97 bits per heavy atom. The van der Waals surface area contributed by atoms with Crippen molar-refractivity contribution in [3.05, 3.63) is 51.4 Å². The monoisotopic (exact) mass is 495 g/mol. The van der Waals surface area contributed by atoms with Crippen LogP contribution in [0.5, 0.6) is 0 Å². The maximum absolute atomic E-state index is 12.9. The molecule has 1 N–H and O–H groups in total. The molecular weight excluding hydrogens is 470 g/mol. The molecule has 172 valence electrons. The molecule has 0 saturated carbocycles. The van der Waals surface area contributed by atoms with Crippen LogP contribution in [0, 0.1) is 12.8 Å². The first-order chi connectivity index (χ1) is 15.1. The summed E-state index contributed by atoms with van der Waals surface area (Å²) in [4.78, 5) is 29.1.